The van der Waals surface area contributed by atoms with E-state index in [1.165, 1.54) is 6.20 Å². The molecule has 2 aromatic heterocycles. The SMILES string of the molecule is NC(=O)c1cn(C(F)F)nc1-c1ccccn1. The highest BCUT2D eigenvalue weighted by Gasteiger charge is 2.19. The van der Waals surface area contributed by atoms with Crippen LogP contribution in [0.4, 0.5) is 8.78 Å². The summed E-state index contributed by atoms with van der Waals surface area (Å²) in [6.45, 7) is -2.83. The van der Waals surface area contributed by atoms with Crippen molar-refractivity contribution in [2.75, 3.05) is 0 Å². The van der Waals surface area contributed by atoms with Crippen LogP contribution in [0.2, 0.25) is 0 Å². The highest BCUT2D eigenvalue weighted by Crippen LogP contribution is 2.21. The number of nitrogens with two attached hydrogens (primary N) is 1. The minimum absolute atomic E-state index is 0.0541. The molecule has 0 fully saturated rings. The first-order valence-corrected chi connectivity index (χ1v) is 4.68. The normalized spacial score (nSPS) is 10.8. The fourth-order valence-electron chi connectivity index (χ4n) is 1.36. The zero-order valence-electron chi connectivity index (χ0n) is 8.55. The van der Waals surface area contributed by atoms with E-state index in [-0.39, 0.29) is 11.3 Å². The summed E-state index contributed by atoms with van der Waals surface area (Å²) in [5.74, 6) is -0.822. The Bertz CT molecular complexity index is 538. The maximum Gasteiger partial charge on any atom is 0.333 e. The van der Waals surface area contributed by atoms with Gasteiger partial charge in [0.25, 0.3) is 5.91 Å². The van der Waals surface area contributed by atoms with Gasteiger partial charge in [-0.05, 0) is 12.1 Å². The first kappa shape index (κ1) is 11.2. The van der Waals surface area contributed by atoms with Crippen molar-refractivity contribution in [1.29, 1.82) is 0 Å². The van der Waals surface area contributed by atoms with Crippen LogP contribution in [0.25, 0.3) is 11.4 Å². The minimum atomic E-state index is -2.83. The van der Waals surface area contributed by atoms with Gasteiger partial charge in [0.1, 0.15) is 5.69 Å². The predicted octanol–water partition coefficient (Wildman–Crippen LogP) is 1.44. The van der Waals surface area contributed by atoms with Crippen LogP contribution in [0.15, 0.2) is 30.6 Å². The number of alkyl halides is 2. The summed E-state index contributed by atoms with van der Waals surface area (Å²) in [6.07, 6.45) is 2.39. The monoisotopic (exact) mass is 238 g/mol. The number of hydrogen-bond donors (Lipinski definition) is 1. The first-order valence-electron chi connectivity index (χ1n) is 4.68. The maximum absolute atomic E-state index is 12.5. The highest BCUT2D eigenvalue weighted by atomic mass is 19.3. The summed E-state index contributed by atoms with van der Waals surface area (Å²) in [5.41, 5.74) is 5.39. The van der Waals surface area contributed by atoms with E-state index >= 15 is 0 Å². The fourth-order valence-corrected chi connectivity index (χ4v) is 1.36. The third-order valence-corrected chi connectivity index (χ3v) is 2.10. The Balaban J connectivity index is 2.56. The van der Waals surface area contributed by atoms with Gasteiger partial charge >= 0.3 is 6.55 Å². The molecular weight excluding hydrogens is 230 g/mol. The number of amides is 1. The van der Waals surface area contributed by atoms with Crippen molar-refractivity contribution in [2.24, 2.45) is 5.73 Å². The van der Waals surface area contributed by atoms with E-state index in [0.717, 1.165) is 6.20 Å². The number of pyridine rings is 1. The summed E-state index contributed by atoms with van der Waals surface area (Å²) >= 11 is 0. The molecule has 0 aliphatic rings. The lowest BCUT2D eigenvalue weighted by Gasteiger charge is -1.97. The summed E-state index contributed by atoms with van der Waals surface area (Å²) in [6, 6.07) is 4.89. The third-order valence-electron chi connectivity index (χ3n) is 2.10. The average molecular weight is 238 g/mol. The van der Waals surface area contributed by atoms with Crippen molar-refractivity contribution in [3.8, 4) is 11.4 Å². The van der Waals surface area contributed by atoms with Gasteiger partial charge in [-0.25, -0.2) is 4.68 Å². The van der Waals surface area contributed by atoms with Gasteiger partial charge in [-0.2, -0.15) is 13.9 Å². The molecule has 0 radical (unpaired) electrons. The first-order chi connectivity index (χ1) is 8.09. The second-order valence-electron chi connectivity index (χ2n) is 3.23. The molecule has 0 spiro atoms. The van der Waals surface area contributed by atoms with Crippen LogP contribution in [0, 0.1) is 0 Å². The molecule has 7 heteroatoms. The molecule has 0 atom stereocenters. The van der Waals surface area contributed by atoms with Crippen LogP contribution >= 0.6 is 0 Å². The summed E-state index contributed by atoms with van der Waals surface area (Å²) in [4.78, 5) is 15.1. The Kier molecular flexibility index (Phi) is 2.82. The predicted molar refractivity (Wildman–Crippen MR) is 55.2 cm³/mol. The highest BCUT2D eigenvalue weighted by molar-refractivity contribution is 5.98. The molecule has 1 amide bonds. The topological polar surface area (TPSA) is 73.8 Å². The van der Waals surface area contributed by atoms with Crippen LogP contribution in [0.3, 0.4) is 0 Å². The lowest BCUT2D eigenvalue weighted by molar-refractivity contribution is 0.0567. The summed E-state index contributed by atoms with van der Waals surface area (Å²) < 4.78 is 25.3. The van der Waals surface area contributed by atoms with E-state index in [1.54, 1.807) is 18.2 Å². The number of rotatable bonds is 3. The molecule has 17 heavy (non-hydrogen) atoms. The molecule has 0 unspecified atom stereocenters. The molecule has 0 aromatic carbocycles. The van der Waals surface area contributed by atoms with Gasteiger partial charge < -0.3 is 5.73 Å². The van der Waals surface area contributed by atoms with Gasteiger partial charge in [-0.1, -0.05) is 6.07 Å². The standard InChI is InChI=1S/C10H8F2N4O/c11-10(12)16-5-6(9(13)17)8(15-16)7-3-1-2-4-14-7/h1-5,10H,(H2,13,17). The Hall–Kier alpha value is -2.31. The van der Waals surface area contributed by atoms with Crippen molar-refractivity contribution in [3.63, 3.8) is 0 Å². The summed E-state index contributed by atoms with van der Waals surface area (Å²) in [5, 5.41) is 3.60. The van der Waals surface area contributed by atoms with Crippen LogP contribution < -0.4 is 5.73 Å². The van der Waals surface area contributed by atoms with Gasteiger partial charge in [-0.15, -0.1) is 0 Å². The minimum Gasteiger partial charge on any atom is -0.365 e. The quantitative estimate of drug-likeness (QED) is 0.879. The second-order valence-corrected chi connectivity index (χ2v) is 3.23. The van der Waals surface area contributed by atoms with Gasteiger partial charge in [0.2, 0.25) is 0 Å². The van der Waals surface area contributed by atoms with Crippen LogP contribution in [0.5, 0.6) is 0 Å². The van der Waals surface area contributed by atoms with E-state index in [0.29, 0.717) is 10.4 Å². The van der Waals surface area contributed by atoms with Crippen molar-refractivity contribution < 1.29 is 13.6 Å². The van der Waals surface area contributed by atoms with Crippen LogP contribution in [-0.4, -0.2) is 20.7 Å². The molecule has 0 saturated heterocycles. The smallest absolute Gasteiger partial charge is 0.333 e. The van der Waals surface area contributed by atoms with Crippen LogP contribution in [0.1, 0.15) is 16.9 Å². The molecule has 2 rings (SSSR count). The number of primary amides is 1. The second kappa shape index (κ2) is 4.28. The number of hydrogen-bond acceptors (Lipinski definition) is 3. The van der Waals surface area contributed by atoms with Gasteiger partial charge in [-0.3, -0.25) is 9.78 Å². The van der Waals surface area contributed by atoms with Gasteiger partial charge in [0.15, 0.2) is 0 Å². The number of nitrogens with zero attached hydrogens (tertiary/aromatic N) is 3. The van der Waals surface area contributed by atoms with Crippen molar-refractivity contribution >= 4 is 5.91 Å². The maximum atomic E-state index is 12.5. The molecule has 0 bridgehead atoms. The Labute approximate surface area is 94.9 Å². The fraction of sp³-hybridized carbons (Fsp3) is 0.100. The van der Waals surface area contributed by atoms with E-state index in [2.05, 4.69) is 10.1 Å². The molecule has 88 valence electrons. The Morgan fingerprint density at radius 3 is 2.71 bits per heavy atom. The van der Waals surface area contributed by atoms with E-state index in [4.69, 9.17) is 5.73 Å². The van der Waals surface area contributed by atoms with Crippen molar-refractivity contribution in [2.45, 2.75) is 6.55 Å². The molecule has 0 saturated carbocycles. The Morgan fingerprint density at radius 1 is 1.41 bits per heavy atom. The third kappa shape index (κ3) is 2.12. The Morgan fingerprint density at radius 2 is 2.18 bits per heavy atom. The zero-order chi connectivity index (χ0) is 12.4. The van der Waals surface area contributed by atoms with Crippen molar-refractivity contribution in [3.05, 3.63) is 36.2 Å². The lowest BCUT2D eigenvalue weighted by Crippen LogP contribution is -2.11. The molecule has 2 N–H and O–H groups in total. The van der Waals surface area contributed by atoms with Gasteiger partial charge in [0.05, 0.1) is 11.3 Å². The summed E-state index contributed by atoms with van der Waals surface area (Å²) in [7, 11) is 0. The molecular formula is C10H8F2N4O. The van der Waals surface area contributed by atoms with Crippen molar-refractivity contribution in [1.82, 2.24) is 14.8 Å². The molecule has 0 aliphatic carbocycles. The zero-order valence-corrected chi connectivity index (χ0v) is 8.55. The van der Waals surface area contributed by atoms with Crippen LogP contribution in [-0.2, 0) is 0 Å². The van der Waals surface area contributed by atoms with E-state index < -0.39 is 12.5 Å². The largest absolute Gasteiger partial charge is 0.365 e. The molecule has 5 nitrogen and oxygen atoms in total. The number of carbonyl (C=O) groups excluding carboxylic acids is 1. The molecule has 2 heterocycles. The average Bonchev–Trinajstić information content (AvgIpc) is 2.75. The number of halogens is 2. The van der Waals surface area contributed by atoms with E-state index in [1.807, 2.05) is 0 Å². The number of carbonyl (C=O) groups is 1. The van der Waals surface area contributed by atoms with E-state index in [9.17, 15) is 13.6 Å². The molecule has 2 aromatic rings. The van der Waals surface area contributed by atoms with Gasteiger partial charge in [0, 0.05) is 12.4 Å². The number of aromatic nitrogens is 3. The molecule has 0 aliphatic heterocycles. The lowest BCUT2D eigenvalue weighted by atomic mass is 10.2.